The molecule has 0 radical (unpaired) electrons. The Hall–Kier alpha value is -2.11. The number of nitrogens with zero attached hydrogens (tertiary/aromatic N) is 3. The van der Waals surface area contributed by atoms with E-state index in [2.05, 4.69) is 20.6 Å². The SMILES string of the molecule is CC1=C(C(=O)Nc2[nH]nc3c2c(C)nn3C)CCC1. The molecule has 3 rings (SSSR count). The second kappa shape index (κ2) is 4.22. The molecule has 1 amide bonds. The lowest BCUT2D eigenvalue weighted by atomic mass is 10.1. The van der Waals surface area contributed by atoms with Gasteiger partial charge in [0.15, 0.2) is 5.65 Å². The van der Waals surface area contributed by atoms with Crippen molar-refractivity contribution < 1.29 is 4.79 Å². The smallest absolute Gasteiger partial charge is 0.252 e. The van der Waals surface area contributed by atoms with Gasteiger partial charge in [0, 0.05) is 12.6 Å². The Balaban J connectivity index is 1.94. The van der Waals surface area contributed by atoms with Gasteiger partial charge in [-0.05, 0) is 33.1 Å². The summed E-state index contributed by atoms with van der Waals surface area (Å²) in [6.45, 7) is 3.94. The summed E-state index contributed by atoms with van der Waals surface area (Å²) in [5.74, 6) is 0.613. The maximum atomic E-state index is 12.2. The van der Waals surface area contributed by atoms with Crippen molar-refractivity contribution in [2.24, 2.45) is 7.05 Å². The first-order chi connectivity index (χ1) is 9.08. The fourth-order valence-corrected chi connectivity index (χ4v) is 2.71. The van der Waals surface area contributed by atoms with Gasteiger partial charge in [0.1, 0.15) is 5.82 Å². The molecule has 2 aromatic rings. The average molecular weight is 259 g/mol. The Kier molecular flexibility index (Phi) is 2.66. The van der Waals surface area contributed by atoms with E-state index < -0.39 is 0 Å². The number of amides is 1. The summed E-state index contributed by atoms with van der Waals surface area (Å²) >= 11 is 0. The van der Waals surface area contributed by atoms with Crippen molar-refractivity contribution in [2.75, 3.05) is 5.32 Å². The number of allylic oxidation sites excluding steroid dienone is 1. The number of aromatic amines is 1. The minimum Gasteiger partial charge on any atom is -0.307 e. The van der Waals surface area contributed by atoms with Gasteiger partial charge in [0.2, 0.25) is 0 Å². The van der Waals surface area contributed by atoms with Crippen LogP contribution in [-0.2, 0) is 11.8 Å². The third-order valence-electron chi connectivity index (χ3n) is 3.72. The molecule has 2 N–H and O–H groups in total. The van der Waals surface area contributed by atoms with Crippen LogP contribution in [-0.4, -0.2) is 25.9 Å². The van der Waals surface area contributed by atoms with E-state index >= 15 is 0 Å². The number of carbonyl (C=O) groups excluding carboxylic acids is 1. The normalized spacial score (nSPS) is 15.5. The van der Waals surface area contributed by atoms with Crippen molar-refractivity contribution in [1.82, 2.24) is 20.0 Å². The number of aryl methyl sites for hydroxylation is 2. The molecule has 2 heterocycles. The molecule has 0 spiro atoms. The molecular formula is C13H17N5O. The molecule has 1 aliphatic carbocycles. The summed E-state index contributed by atoms with van der Waals surface area (Å²) in [6, 6.07) is 0. The highest BCUT2D eigenvalue weighted by atomic mass is 16.1. The number of fused-ring (bicyclic) bond motifs is 1. The van der Waals surface area contributed by atoms with E-state index in [1.165, 1.54) is 5.57 Å². The zero-order chi connectivity index (χ0) is 13.6. The summed E-state index contributed by atoms with van der Waals surface area (Å²) in [5, 5.41) is 15.2. The Morgan fingerprint density at radius 3 is 2.84 bits per heavy atom. The first kappa shape index (κ1) is 12.0. The van der Waals surface area contributed by atoms with Crippen LogP contribution in [0.5, 0.6) is 0 Å². The molecule has 19 heavy (non-hydrogen) atoms. The van der Waals surface area contributed by atoms with E-state index in [9.17, 15) is 4.79 Å². The Morgan fingerprint density at radius 2 is 2.16 bits per heavy atom. The Labute approximate surface area is 110 Å². The molecule has 100 valence electrons. The van der Waals surface area contributed by atoms with Crippen LogP contribution in [0.4, 0.5) is 5.82 Å². The summed E-state index contributed by atoms with van der Waals surface area (Å²) in [4.78, 5) is 12.2. The number of hydrogen-bond acceptors (Lipinski definition) is 3. The molecule has 2 aromatic heterocycles. The molecular weight excluding hydrogens is 242 g/mol. The van der Waals surface area contributed by atoms with Gasteiger partial charge in [-0.25, -0.2) is 4.68 Å². The standard InChI is InChI=1S/C13H17N5O/c1-7-5-4-6-9(7)13(19)14-11-10-8(2)17-18(3)12(10)16-15-11/h4-6H2,1-3H3,(H2,14,15,16,19). The second-order valence-corrected chi connectivity index (χ2v) is 5.07. The van der Waals surface area contributed by atoms with Crippen LogP contribution in [0, 0.1) is 6.92 Å². The third kappa shape index (κ3) is 1.83. The van der Waals surface area contributed by atoms with Gasteiger partial charge in [0.25, 0.3) is 5.91 Å². The van der Waals surface area contributed by atoms with E-state index in [0.717, 1.165) is 41.6 Å². The molecule has 0 saturated carbocycles. The van der Waals surface area contributed by atoms with Crippen molar-refractivity contribution in [2.45, 2.75) is 33.1 Å². The number of rotatable bonds is 2. The van der Waals surface area contributed by atoms with Crippen LogP contribution in [0.15, 0.2) is 11.1 Å². The fraction of sp³-hybridized carbons (Fsp3) is 0.462. The molecule has 0 aromatic carbocycles. The fourth-order valence-electron chi connectivity index (χ4n) is 2.71. The molecule has 6 nitrogen and oxygen atoms in total. The number of hydrogen-bond donors (Lipinski definition) is 2. The number of aromatic nitrogens is 4. The van der Waals surface area contributed by atoms with Crippen LogP contribution in [0.2, 0.25) is 0 Å². The maximum Gasteiger partial charge on any atom is 0.252 e. The largest absolute Gasteiger partial charge is 0.307 e. The number of carbonyl (C=O) groups is 1. The minimum atomic E-state index is -0.0243. The van der Waals surface area contributed by atoms with Crippen molar-refractivity contribution in [3.8, 4) is 0 Å². The number of nitrogens with one attached hydrogen (secondary N) is 2. The Bertz CT molecular complexity index is 691. The molecule has 0 fully saturated rings. The average Bonchev–Trinajstić information content (AvgIpc) is 3.00. The van der Waals surface area contributed by atoms with E-state index in [-0.39, 0.29) is 5.91 Å². The van der Waals surface area contributed by atoms with Gasteiger partial charge in [-0.1, -0.05) is 5.57 Å². The lowest BCUT2D eigenvalue weighted by molar-refractivity contribution is -0.113. The van der Waals surface area contributed by atoms with Crippen LogP contribution in [0.25, 0.3) is 11.0 Å². The quantitative estimate of drug-likeness (QED) is 0.866. The predicted molar refractivity (Wildman–Crippen MR) is 72.8 cm³/mol. The van der Waals surface area contributed by atoms with Gasteiger partial charge in [-0.3, -0.25) is 9.89 Å². The summed E-state index contributed by atoms with van der Waals surface area (Å²) in [5.41, 5.74) is 3.71. The molecule has 0 aliphatic heterocycles. The lowest BCUT2D eigenvalue weighted by Crippen LogP contribution is -2.14. The highest BCUT2D eigenvalue weighted by molar-refractivity contribution is 6.08. The van der Waals surface area contributed by atoms with Gasteiger partial charge in [-0.2, -0.15) is 10.2 Å². The molecule has 6 heteroatoms. The van der Waals surface area contributed by atoms with Gasteiger partial charge >= 0.3 is 0 Å². The lowest BCUT2D eigenvalue weighted by Gasteiger charge is -2.04. The monoisotopic (exact) mass is 259 g/mol. The molecule has 0 unspecified atom stereocenters. The predicted octanol–water partition coefficient (Wildman–Crippen LogP) is 2.04. The molecule has 1 aliphatic rings. The minimum absolute atomic E-state index is 0.0243. The van der Waals surface area contributed by atoms with Crippen molar-refractivity contribution >= 4 is 22.8 Å². The third-order valence-corrected chi connectivity index (χ3v) is 3.72. The first-order valence-corrected chi connectivity index (χ1v) is 6.45. The molecule has 0 atom stereocenters. The maximum absolute atomic E-state index is 12.2. The zero-order valence-corrected chi connectivity index (χ0v) is 11.4. The van der Waals surface area contributed by atoms with E-state index in [1.54, 1.807) is 4.68 Å². The molecule has 0 bridgehead atoms. The van der Waals surface area contributed by atoms with Crippen molar-refractivity contribution in [3.05, 3.63) is 16.8 Å². The van der Waals surface area contributed by atoms with E-state index in [1.807, 2.05) is 20.9 Å². The topological polar surface area (TPSA) is 75.6 Å². The highest BCUT2D eigenvalue weighted by Gasteiger charge is 2.21. The van der Waals surface area contributed by atoms with E-state index in [4.69, 9.17) is 0 Å². The number of anilines is 1. The van der Waals surface area contributed by atoms with Gasteiger partial charge in [0.05, 0.1) is 11.1 Å². The van der Waals surface area contributed by atoms with Gasteiger partial charge in [-0.15, -0.1) is 0 Å². The Morgan fingerprint density at radius 1 is 1.37 bits per heavy atom. The zero-order valence-electron chi connectivity index (χ0n) is 11.4. The van der Waals surface area contributed by atoms with E-state index in [0.29, 0.717) is 5.82 Å². The molecule has 0 saturated heterocycles. The summed E-state index contributed by atoms with van der Waals surface area (Å²) < 4.78 is 1.71. The van der Waals surface area contributed by atoms with Crippen LogP contribution in [0.3, 0.4) is 0 Å². The van der Waals surface area contributed by atoms with Crippen molar-refractivity contribution in [3.63, 3.8) is 0 Å². The second-order valence-electron chi connectivity index (χ2n) is 5.07. The first-order valence-electron chi connectivity index (χ1n) is 6.45. The van der Waals surface area contributed by atoms with Crippen LogP contribution >= 0.6 is 0 Å². The van der Waals surface area contributed by atoms with Gasteiger partial charge < -0.3 is 5.32 Å². The highest BCUT2D eigenvalue weighted by Crippen LogP contribution is 2.28. The van der Waals surface area contributed by atoms with Crippen molar-refractivity contribution in [1.29, 1.82) is 0 Å². The van der Waals surface area contributed by atoms with Crippen LogP contribution in [0.1, 0.15) is 31.9 Å². The summed E-state index contributed by atoms with van der Waals surface area (Å²) in [6.07, 6.45) is 2.95. The van der Waals surface area contributed by atoms with Crippen LogP contribution < -0.4 is 5.32 Å². The summed E-state index contributed by atoms with van der Waals surface area (Å²) in [7, 11) is 1.84. The number of H-pyrrole nitrogens is 1.